The van der Waals surface area contributed by atoms with Gasteiger partial charge in [0.25, 0.3) is 0 Å². The van der Waals surface area contributed by atoms with Gasteiger partial charge in [0.15, 0.2) is 0 Å². The summed E-state index contributed by atoms with van der Waals surface area (Å²) in [6, 6.07) is -1.72. The van der Waals surface area contributed by atoms with Crippen molar-refractivity contribution in [2.75, 3.05) is 52.8 Å². The predicted octanol–water partition coefficient (Wildman–Crippen LogP) is 7.58. The normalized spacial score (nSPS) is 12.3. The quantitative estimate of drug-likeness (QED) is 0.0248. The minimum atomic E-state index is -1.23. The van der Waals surface area contributed by atoms with E-state index in [1.165, 1.54) is 180 Å². The van der Waals surface area contributed by atoms with Gasteiger partial charge in [-0.3, -0.25) is 9.59 Å². The van der Waals surface area contributed by atoms with E-state index in [0.717, 1.165) is 32.1 Å². The van der Waals surface area contributed by atoms with Gasteiger partial charge in [-0.05, 0) is 62.9 Å². The standard InChI is InChI=1S/C25H50N2O3S.C24H48N2O3S/c1-27(2)21-18-16-14-12-10-8-6-4-3-5-7-9-11-13-15-17-19-24(28)26-23(20-22-31)25(29)30;1-26(2)20-17-15-13-11-9-7-5-3-4-6-8-10-12-14-16-18-23(27)25-22(19-21-30)24(28)29/h23,31H,3-22H2,1-2H3,(H,26,28)(H,29,30);22,30H,3-21H2,1-2H3,(H,25,27)(H,28,29)/p+1. The number of amides is 2. The summed E-state index contributed by atoms with van der Waals surface area (Å²) in [4.78, 5) is 48.7. The molecule has 0 rings (SSSR count). The summed E-state index contributed by atoms with van der Waals surface area (Å²) >= 11 is 8.04. The molecule has 0 spiro atoms. The van der Waals surface area contributed by atoms with Gasteiger partial charge in [0.1, 0.15) is 6.04 Å². The van der Waals surface area contributed by atoms with Crippen LogP contribution >= 0.6 is 25.3 Å². The van der Waals surface area contributed by atoms with E-state index in [9.17, 15) is 24.3 Å². The fraction of sp³-hybridized carbons (Fsp3) is 0.918. The molecule has 5 N–H and O–H groups in total. The monoisotopic (exact) mass is 904 g/mol. The lowest BCUT2D eigenvalue weighted by Gasteiger charge is -2.18. The Kier molecular flexibility index (Phi) is 48.4. The molecule has 0 saturated carbocycles. The molecule has 0 radical (unpaired) electrons. The van der Waals surface area contributed by atoms with Crippen LogP contribution in [0.1, 0.15) is 225 Å². The van der Waals surface area contributed by atoms with Gasteiger partial charge >= 0.3 is 5.97 Å². The molecular weight excluding hydrogens is 805 g/mol. The van der Waals surface area contributed by atoms with Crippen molar-refractivity contribution in [3.8, 4) is 0 Å². The predicted molar refractivity (Wildman–Crippen MR) is 261 cm³/mol. The number of aliphatic carboxylic acids is 2. The van der Waals surface area contributed by atoms with Crippen LogP contribution < -0.4 is 25.5 Å². The number of carbonyl (C=O) groups is 4. The van der Waals surface area contributed by atoms with Crippen LogP contribution in [0.5, 0.6) is 0 Å². The van der Waals surface area contributed by atoms with Gasteiger partial charge in [0, 0.05) is 12.8 Å². The third-order valence-corrected chi connectivity index (χ3v) is 12.0. The van der Waals surface area contributed by atoms with Crippen molar-refractivity contribution in [3.05, 3.63) is 0 Å². The molecule has 0 aliphatic rings. The Balaban J connectivity index is 0. The Labute approximate surface area is 386 Å². The van der Waals surface area contributed by atoms with Crippen molar-refractivity contribution >= 4 is 49.0 Å². The van der Waals surface area contributed by atoms with Gasteiger partial charge < -0.3 is 35.4 Å². The van der Waals surface area contributed by atoms with Crippen molar-refractivity contribution in [2.45, 2.75) is 237 Å². The smallest absolute Gasteiger partial charge is 0.326 e. The molecule has 12 heteroatoms. The van der Waals surface area contributed by atoms with Crippen LogP contribution in [0.3, 0.4) is 0 Å². The SMILES string of the molecule is C[NH+](C)CCCCCCCCCCCCCCCCCC(=O)NC(CCS)C(=O)O.C[NH+](C)CCCCCCCCCCCCCCCCCCC(=O)NC(CCS)C(=O)[O-]. The average molecular weight is 904 g/mol. The maximum atomic E-state index is 11.8. The first-order chi connectivity index (χ1) is 29.4. The van der Waals surface area contributed by atoms with Gasteiger partial charge in [-0.25, -0.2) is 4.79 Å². The van der Waals surface area contributed by atoms with Crippen molar-refractivity contribution in [3.63, 3.8) is 0 Å². The summed E-state index contributed by atoms with van der Waals surface area (Å²) in [7, 11) is 8.92. The zero-order chi connectivity index (χ0) is 45.6. The molecule has 0 aromatic heterocycles. The molecule has 0 bridgehead atoms. The maximum absolute atomic E-state index is 11.8. The van der Waals surface area contributed by atoms with Crippen LogP contribution in [0.2, 0.25) is 0 Å². The van der Waals surface area contributed by atoms with E-state index in [0.29, 0.717) is 37.2 Å². The summed E-state index contributed by atoms with van der Waals surface area (Å²) in [5.41, 5.74) is 0. The summed E-state index contributed by atoms with van der Waals surface area (Å²) in [5.74, 6) is -1.69. The summed E-state index contributed by atoms with van der Waals surface area (Å²) < 4.78 is 0. The molecule has 2 unspecified atom stereocenters. The molecule has 61 heavy (non-hydrogen) atoms. The minimum Gasteiger partial charge on any atom is -0.548 e. The molecule has 10 nitrogen and oxygen atoms in total. The third kappa shape index (κ3) is 49.4. The molecule has 362 valence electrons. The first kappa shape index (κ1) is 61.6. The average Bonchev–Trinajstić information content (AvgIpc) is 3.21. The zero-order valence-corrected chi connectivity index (χ0v) is 41.9. The number of hydrogen-bond acceptors (Lipinski definition) is 7. The van der Waals surface area contributed by atoms with Crippen LogP contribution in [0.15, 0.2) is 0 Å². The summed E-state index contributed by atoms with van der Waals surface area (Å²) in [5, 5.41) is 25.1. The van der Waals surface area contributed by atoms with E-state index in [1.54, 1.807) is 9.80 Å². The molecule has 0 aromatic carbocycles. The number of carboxylic acid groups (broad SMARTS) is 2. The fourth-order valence-corrected chi connectivity index (χ4v) is 8.12. The fourth-order valence-electron chi connectivity index (χ4n) is 7.60. The van der Waals surface area contributed by atoms with Crippen LogP contribution in [-0.2, 0) is 19.2 Å². The van der Waals surface area contributed by atoms with Gasteiger partial charge in [0.05, 0.1) is 53.3 Å². The molecular formula is C49H99N4O6S2+. The molecule has 0 fully saturated rings. The highest BCUT2D eigenvalue weighted by molar-refractivity contribution is 7.80. The molecule has 0 saturated heterocycles. The molecule has 0 heterocycles. The second-order valence-electron chi connectivity index (χ2n) is 18.3. The number of thiol groups is 2. The summed E-state index contributed by atoms with van der Waals surface area (Å²) in [6.07, 6.45) is 41.7. The molecule has 0 aliphatic carbocycles. The van der Waals surface area contributed by atoms with Crippen LogP contribution in [0.25, 0.3) is 0 Å². The van der Waals surface area contributed by atoms with Crippen LogP contribution in [0.4, 0.5) is 0 Å². The topological polar surface area (TPSA) is 145 Å². The van der Waals surface area contributed by atoms with Gasteiger partial charge in [-0.15, -0.1) is 0 Å². The van der Waals surface area contributed by atoms with E-state index in [2.05, 4.69) is 64.1 Å². The number of hydrogen-bond donors (Lipinski definition) is 7. The third-order valence-electron chi connectivity index (χ3n) is 11.5. The highest BCUT2D eigenvalue weighted by Gasteiger charge is 2.18. The zero-order valence-electron chi connectivity index (χ0n) is 40.1. The second-order valence-corrected chi connectivity index (χ2v) is 19.2. The van der Waals surface area contributed by atoms with E-state index in [1.807, 2.05) is 0 Å². The van der Waals surface area contributed by atoms with Gasteiger partial charge in [-0.1, -0.05) is 161 Å². The number of nitrogens with one attached hydrogen (secondary N) is 4. The van der Waals surface area contributed by atoms with Crippen LogP contribution in [-0.4, -0.2) is 93.7 Å². The Morgan fingerprint density at radius 2 is 0.656 bits per heavy atom. The van der Waals surface area contributed by atoms with Crippen molar-refractivity contribution in [1.82, 2.24) is 10.6 Å². The number of quaternary nitrogens is 2. The molecule has 0 aliphatic heterocycles. The van der Waals surface area contributed by atoms with Crippen molar-refractivity contribution in [2.24, 2.45) is 0 Å². The molecule has 2 atom stereocenters. The Morgan fingerprint density at radius 3 is 0.885 bits per heavy atom. The highest BCUT2D eigenvalue weighted by atomic mass is 32.1. The lowest BCUT2D eigenvalue weighted by molar-refractivity contribution is -0.858. The maximum Gasteiger partial charge on any atom is 0.326 e. The van der Waals surface area contributed by atoms with Crippen LogP contribution in [0, 0.1) is 0 Å². The number of carbonyl (C=O) groups excluding carboxylic acids is 3. The summed E-state index contributed by atoms with van der Waals surface area (Å²) in [6.45, 7) is 2.61. The Bertz CT molecular complexity index is 1010. The first-order valence-corrected chi connectivity index (χ1v) is 26.5. The van der Waals surface area contributed by atoms with Gasteiger partial charge in [-0.2, -0.15) is 25.3 Å². The first-order valence-electron chi connectivity index (χ1n) is 25.3. The minimum absolute atomic E-state index is 0.154. The van der Waals surface area contributed by atoms with E-state index >= 15 is 0 Å². The van der Waals surface area contributed by atoms with E-state index in [4.69, 9.17) is 5.11 Å². The van der Waals surface area contributed by atoms with Crippen molar-refractivity contribution < 1.29 is 39.2 Å². The Hall–Kier alpha value is -1.50. The van der Waals surface area contributed by atoms with Gasteiger partial charge in [0.2, 0.25) is 11.8 Å². The largest absolute Gasteiger partial charge is 0.548 e. The molecule has 2 amide bonds. The number of carboxylic acids is 2. The number of rotatable bonds is 45. The lowest BCUT2D eigenvalue weighted by Crippen LogP contribution is -3.05. The number of unbranched alkanes of at least 4 members (excludes halogenated alkanes) is 29. The lowest BCUT2D eigenvalue weighted by atomic mass is 10.0. The second kappa shape index (κ2) is 48.0. The Morgan fingerprint density at radius 1 is 0.426 bits per heavy atom. The molecule has 0 aromatic rings. The van der Waals surface area contributed by atoms with Crippen molar-refractivity contribution in [1.29, 1.82) is 0 Å². The highest BCUT2D eigenvalue weighted by Crippen LogP contribution is 2.15. The van der Waals surface area contributed by atoms with E-state index < -0.39 is 24.0 Å². The van der Waals surface area contributed by atoms with E-state index in [-0.39, 0.29) is 11.8 Å².